The number of carbonyl (C=O) groups excluding carboxylic acids is 2. The lowest BCUT2D eigenvalue weighted by atomic mass is 10.0. The maximum Gasteiger partial charge on any atom is 0.243 e. The Labute approximate surface area is 162 Å². The summed E-state index contributed by atoms with van der Waals surface area (Å²) in [5.41, 5.74) is 0.242. The molecular weight excluding hydrogens is 402 g/mol. The summed E-state index contributed by atoms with van der Waals surface area (Å²) >= 11 is 18.0. The maximum absolute atomic E-state index is 12.7. The highest BCUT2D eigenvalue weighted by molar-refractivity contribution is 7.66. The molecule has 2 unspecified atom stereocenters. The number of halogens is 3. The smallest absolute Gasteiger partial charge is 0.243 e. The first kappa shape index (κ1) is 20.1. The maximum atomic E-state index is 12.7. The van der Waals surface area contributed by atoms with Gasteiger partial charge in [0.25, 0.3) is 0 Å². The number of carbonyl (C=O) groups is 2. The van der Waals surface area contributed by atoms with Crippen LogP contribution in [0.15, 0.2) is 30.3 Å². The van der Waals surface area contributed by atoms with Gasteiger partial charge in [-0.3, -0.25) is 14.2 Å². The van der Waals surface area contributed by atoms with E-state index in [0.29, 0.717) is 5.56 Å². The molecule has 2 rings (SSSR count). The number of ketones is 1. The van der Waals surface area contributed by atoms with Gasteiger partial charge in [-0.2, -0.15) is 0 Å². The van der Waals surface area contributed by atoms with E-state index in [-0.39, 0.29) is 20.6 Å². The topological polar surface area (TPSA) is 51.2 Å². The van der Waals surface area contributed by atoms with Gasteiger partial charge in [0.1, 0.15) is 0 Å². The van der Waals surface area contributed by atoms with Gasteiger partial charge < -0.3 is 0 Å². The molecule has 0 N–H and O–H groups in total. The van der Waals surface area contributed by atoms with Crippen LogP contribution in [0.1, 0.15) is 38.8 Å². The lowest BCUT2D eigenvalue weighted by Gasteiger charge is -2.14. The van der Waals surface area contributed by atoms with E-state index in [2.05, 4.69) is 0 Å². The lowest BCUT2D eigenvalue weighted by molar-refractivity contribution is 0.0982. The molecule has 25 heavy (non-hydrogen) atoms. The van der Waals surface area contributed by atoms with E-state index < -0.39 is 24.8 Å². The van der Waals surface area contributed by atoms with Crippen LogP contribution < -0.4 is 0 Å². The van der Waals surface area contributed by atoms with Crippen LogP contribution in [0.3, 0.4) is 0 Å². The molecule has 2 aromatic carbocycles. The van der Waals surface area contributed by atoms with Gasteiger partial charge in [0.15, 0.2) is 13.6 Å². The standard InChI is InChI=1S/C18H15Cl3O3P/c1-9-5-4-6-10(2)15(9)18(23)25(24)11(3)17(22)16-13(20)7-12(19)8-14(16)21/h4-8,11H,1-3H3. The molecule has 2 aromatic rings. The van der Waals surface area contributed by atoms with Crippen LogP contribution >= 0.6 is 42.6 Å². The first-order valence-corrected chi connectivity index (χ1v) is 9.87. The molecule has 1 radical (unpaired) electrons. The van der Waals surface area contributed by atoms with Gasteiger partial charge in [-0.15, -0.1) is 0 Å². The first-order chi connectivity index (χ1) is 11.6. The molecule has 3 nitrogen and oxygen atoms in total. The van der Waals surface area contributed by atoms with E-state index in [1.165, 1.54) is 19.1 Å². The Hall–Kier alpha value is -1.25. The molecule has 0 fully saturated rings. The van der Waals surface area contributed by atoms with Gasteiger partial charge in [0, 0.05) is 10.6 Å². The second kappa shape index (κ2) is 7.97. The largest absolute Gasteiger partial charge is 0.293 e. The molecule has 2 atom stereocenters. The predicted molar refractivity (Wildman–Crippen MR) is 103 cm³/mol. The minimum absolute atomic E-state index is 0.0258. The van der Waals surface area contributed by atoms with E-state index in [1.807, 2.05) is 6.07 Å². The van der Waals surface area contributed by atoms with Gasteiger partial charge in [-0.05, 0) is 44.0 Å². The Morgan fingerprint density at radius 3 is 1.92 bits per heavy atom. The molecule has 0 spiro atoms. The van der Waals surface area contributed by atoms with Crippen molar-refractivity contribution in [2.75, 3.05) is 0 Å². The minimum Gasteiger partial charge on any atom is -0.293 e. The quantitative estimate of drug-likeness (QED) is 0.413. The molecule has 0 amide bonds. The number of hydrogen-bond acceptors (Lipinski definition) is 3. The highest BCUT2D eigenvalue weighted by atomic mass is 35.5. The van der Waals surface area contributed by atoms with E-state index in [4.69, 9.17) is 34.8 Å². The summed E-state index contributed by atoms with van der Waals surface area (Å²) in [5.74, 6) is -0.549. The van der Waals surface area contributed by atoms with E-state index in [0.717, 1.165) is 11.1 Å². The zero-order chi connectivity index (χ0) is 18.9. The SMILES string of the molecule is Cc1cccc(C)c1C(=O)[P](=O)C(C)C(=O)c1c(Cl)cc(Cl)cc1Cl. The molecule has 0 aliphatic rings. The highest BCUT2D eigenvalue weighted by Gasteiger charge is 2.32. The summed E-state index contributed by atoms with van der Waals surface area (Å²) in [7, 11) is -2.50. The summed E-state index contributed by atoms with van der Waals surface area (Å²) in [6.45, 7) is 4.97. The first-order valence-electron chi connectivity index (χ1n) is 7.40. The van der Waals surface area contributed by atoms with Crippen molar-refractivity contribution in [2.24, 2.45) is 0 Å². The van der Waals surface area contributed by atoms with E-state index in [9.17, 15) is 14.2 Å². The highest BCUT2D eigenvalue weighted by Crippen LogP contribution is 2.39. The number of Topliss-reactive ketones (excluding diaryl/α,β-unsaturated/α-hetero) is 1. The Bertz CT molecular complexity index is 850. The molecule has 0 aromatic heterocycles. The fraction of sp³-hybridized carbons (Fsp3) is 0.222. The molecule has 0 heterocycles. The summed E-state index contributed by atoms with van der Waals surface area (Å²) in [6.07, 6.45) is 0. The molecule has 131 valence electrons. The second-order valence-corrected chi connectivity index (χ2v) is 8.77. The van der Waals surface area contributed by atoms with Gasteiger partial charge in [-0.25, -0.2) is 0 Å². The predicted octanol–water partition coefficient (Wildman–Crippen LogP) is 6.50. The third kappa shape index (κ3) is 4.12. The van der Waals surface area contributed by atoms with Crippen LogP contribution in [0, 0.1) is 13.8 Å². The van der Waals surface area contributed by atoms with Crippen molar-refractivity contribution in [1.29, 1.82) is 0 Å². The lowest BCUT2D eigenvalue weighted by Crippen LogP contribution is -2.18. The van der Waals surface area contributed by atoms with Crippen molar-refractivity contribution in [2.45, 2.75) is 26.4 Å². The Balaban J connectivity index is 2.37. The molecular formula is C18H15Cl3O3P. The summed E-state index contributed by atoms with van der Waals surface area (Å²) in [5, 5.41) is 0.421. The third-order valence-electron chi connectivity index (χ3n) is 3.88. The fourth-order valence-corrected chi connectivity index (χ4v) is 4.80. The normalized spacial score (nSPS) is 12.6. The summed E-state index contributed by atoms with van der Waals surface area (Å²) in [6, 6.07) is 8.12. The number of hydrogen-bond donors (Lipinski definition) is 0. The molecule has 0 aliphatic heterocycles. The molecule has 7 heteroatoms. The average molecular weight is 417 g/mol. The van der Waals surface area contributed by atoms with Gasteiger partial charge >= 0.3 is 0 Å². The summed E-state index contributed by atoms with van der Waals surface area (Å²) in [4.78, 5) is 25.4. The van der Waals surface area contributed by atoms with E-state index in [1.54, 1.807) is 26.0 Å². The Morgan fingerprint density at radius 2 is 1.44 bits per heavy atom. The van der Waals surface area contributed by atoms with E-state index >= 15 is 0 Å². The van der Waals surface area contributed by atoms with Crippen molar-refractivity contribution in [1.82, 2.24) is 0 Å². The number of benzene rings is 2. The van der Waals surface area contributed by atoms with Crippen molar-refractivity contribution in [3.63, 3.8) is 0 Å². The number of rotatable bonds is 5. The molecule has 0 aliphatic carbocycles. The van der Waals surface area contributed by atoms with Crippen molar-refractivity contribution < 1.29 is 14.2 Å². The molecule has 0 saturated carbocycles. The van der Waals surface area contributed by atoms with Crippen LogP contribution in [0.5, 0.6) is 0 Å². The second-order valence-electron chi connectivity index (χ2n) is 5.68. The summed E-state index contributed by atoms with van der Waals surface area (Å²) < 4.78 is 12.7. The fourth-order valence-electron chi connectivity index (χ4n) is 2.53. The van der Waals surface area contributed by atoms with Crippen LogP contribution in [-0.4, -0.2) is 17.0 Å². The van der Waals surface area contributed by atoms with Crippen LogP contribution in [-0.2, 0) is 4.57 Å². The van der Waals surface area contributed by atoms with Gasteiger partial charge in [0.05, 0.1) is 21.3 Å². The Morgan fingerprint density at radius 1 is 0.960 bits per heavy atom. The van der Waals surface area contributed by atoms with Gasteiger partial charge in [-0.1, -0.05) is 53.0 Å². The van der Waals surface area contributed by atoms with Gasteiger partial charge in [0.2, 0.25) is 5.52 Å². The molecule has 0 bridgehead atoms. The third-order valence-corrected chi connectivity index (χ3v) is 6.26. The average Bonchev–Trinajstić information content (AvgIpc) is 2.52. The Kier molecular flexibility index (Phi) is 6.40. The molecule has 0 saturated heterocycles. The number of aryl methyl sites for hydroxylation is 2. The van der Waals surface area contributed by atoms with Crippen molar-refractivity contribution in [3.05, 3.63) is 67.7 Å². The minimum atomic E-state index is -2.50. The van der Waals surface area contributed by atoms with Crippen molar-refractivity contribution in [3.8, 4) is 0 Å². The monoisotopic (exact) mass is 415 g/mol. The van der Waals surface area contributed by atoms with Crippen molar-refractivity contribution >= 4 is 53.9 Å². The zero-order valence-electron chi connectivity index (χ0n) is 13.8. The zero-order valence-corrected chi connectivity index (χ0v) is 16.9. The van der Waals surface area contributed by atoms with Crippen LogP contribution in [0.4, 0.5) is 0 Å². The van der Waals surface area contributed by atoms with Crippen LogP contribution in [0.2, 0.25) is 15.1 Å². The van der Waals surface area contributed by atoms with Crippen LogP contribution in [0.25, 0.3) is 0 Å².